The van der Waals surface area contributed by atoms with Crippen molar-refractivity contribution in [2.24, 2.45) is 0 Å². The number of amides is 1. The van der Waals surface area contributed by atoms with Crippen LogP contribution in [0.2, 0.25) is 0 Å². The summed E-state index contributed by atoms with van der Waals surface area (Å²) < 4.78 is 6.61. The van der Waals surface area contributed by atoms with Crippen molar-refractivity contribution >= 4 is 22.5 Å². The number of carbonyl (C=O) groups excluding carboxylic acids is 1. The van der Waals surface area contributed by atoms with Crippen LogP contribution in [0.5, 0.6) is 5.75 Å². The normalized spacial score (nSPS) is 16.3. The fourth-order valence-corrected chi connectivity index (χ4v) is 4.16. The van der Waals surface area contributed by atoms with Crippen molar-refractivity contribution in [2.75, 3.05) is 25.1 Å². The number of rotatable bonds is 5. The van der Waals surface area contributed by atoms with Crippen LogP contribution in [0.25, 0.3) is 10.9 Å². The van der Waals surface area contributed by atoms with Crippen LogP contribution in [-0.2, 0) is 6.54 Å². The predicted octanol–water partition coefficient (Wildman–Crippen LogP) is 2.12. The summed E-state index contributed by atoms with van der Waals surface area (Å²) in [7, 11) is 1.65. The molecule has 1 aromatic heterocycles. The predicted molar refractivity (Wildman–Crippen MR) is 120 cm³/mol. The second-order valence-corrected chi connectivity index (χ2v) is 7.67. The zero-order chi connectivity index (χ0) is 22.0. The number of piperidine rings is 1. The SMILES string of the molecule is CCn1c(=O)[nH]c2cc(C(=O)NC3CCCN(c4ccccc4OC)C3)ccc2c1=O. The summed E-state index contributed by atoms with van der Waals surface area (Å²) in [6.07, 6.45) is 1.83. The van der Waals surface area contributed by atoms with Gasteiger partial charge in [-0.05, 0) is 50.1 Å². The molecule has 162 valence electrons. The summed E-state index contributed by atoms with van der Waals surface area (Å²) in [5.41, 5.74) is 0.961. The van der Waals surface area contributed by atoms with Crippen molar-refractivity contribution < 1.29 is 9.53 Å². The van der Waals surface area contributed by atoms with E-state index in [0.29, 0.717) is 23.0 Å². The molecule has 1 amide bonds. The first-order valence-electron chi connectivity index (χ1n) is 10.5. The number of fused-ring (bicyclic) bond motifs is 1. The average molecular weight is 422 g/mol. The molecule has 8 heteroatoms. The Bertz CT molecular complexity index is 1230. The largest absolute Gasteiger partial charge is 0.495 e. The van der Waals surface area contributed by atoms with Gasteiger partial charge in [0.1, 0.15) is 5.75 Å². The highest BCUT2D eigenvalue weighted by Crippen LogP contribution is 2.30. The minimum atomic E-state index is -0.475. The molecule has 0 spiro atoms. The van der Waals surface area contributed by atoms with Gasteiger partial charge in [-0.2, -0.15) is 0 Å². The van der Waals surface area contributed by atoms with E-state index in [9.17, 15) is 14.4 Å². The third-order valence-corrected chi connectivity index (χ3v) is 5.74. The van der Waals surface area contributed by atoms with E-state index in [-0.39, 0.29) is 24.1 Å². The molecule has 4 rings (SSSR count). The summed E-state index contributed by atoms with van der Waals surface area (Å²) in [5.74, 6) is 0.583. The van der Waals surface area contributed by atoms with Crippen molar-refractivity contribution in [3.63, 3.8) is 0 Å². The van der Waals surface area contributed by atoms with E-state index in [0.717, 1.165) is 35.4 Å². The highest BCUT2D eigenvalue weighted by atomic mass is 16.5. The van der Waals surface area contributed by atoms with Gasteiger partial charge >= 0.3 is 5.69 Å². The number of hydrogen-bond acceptors (Lipinski definition) is 5. The number of benzene rings is 2. The number of nitrogens with zero attached hydrogens (tertiary/aromatic N) is 2. The van der Waals surface area contributed by atoms with Gasteiger partial charge in [-0.15, -0.1) is 0 Å². The van der Waals surface area contributed by atoms with Gasteiger partial charge in [0, 0.05) is 31.2 Å². The fraction of sp³-hybridized carbons (Fsp3) is 0.348. The highest BCUT2D eigenvalue weighted by molar-refractivity contribution is 5.97. The van der Waals surface area contributed by atoms with Gasteiger partial charge in [0.15, 0.2) is 0 Å². The monoisotopic (exact) mass is 422 g/mol. The molecule has 1 unspecified atom stereocenters. The number of ether oxygens (including phenoxy) is 1. The van der Waals surface area contributed by atoms with Crippen molar-refractivity contribution in [3.05, 3.63) is 68.9 Å². The van der Waals surface area contributed by atoms with Crippen LogP contribution in [0.4, 0.5) is 5.69 Å². The molecular weight excluding hydrogens is 396 g/mol. The van der Waals surface area contributed by atoms with Gasteiger partial charge in [-0.1, -0.05) is 12.1 Å². The van der Waals surface area contributed by atoms with Gasteiger partial charge in [0.2, 0.25) is 0 Å². The van der Waals surface area contributed by atoms with Crippen molar-refractivity contribution in [1.29, 1.82) is 0 Å². The van der Waals surface area contributed by atoms with E-state index in [1.54, 1.807) is 32.2 Å². The zero-order valence-corrected chi connectivity index (χ0v) is 17.7. The number of methoxy groups -OCH3 is 1. The zero-order valence-electron chi connectivity index (χ0n) is 17.7. The molecule has 0 saturated carbocycles. The van der Waals surface area contributed by atoms with E-state index in [1.165, 1.54) is 0 Å². The molecule has 31 heavy (non-hydrogen) atoms. The summed E-state index contributed by atoms with van der Waals surface area (Å²) in [6, 6.07) is 12.6. The van der Waals surface area contributed by atoms with E-state index < -0.39 is 5.69 Å². The Balaban J connectivity index is 1.53. The van der Waals surface area contributed by atoms with Crippen molar-refractivity contribution in [1.82, 2.24) is 14.9 Å². The molecule has 1 saturated heterocycles. The summed E-state index contributed by atoms with van der Waals surface area (Å²) in [4.78, 5) is 42.3. The van der Waals surface area contributed by atoms with E-state index in [2.05, 4.69) is 15.2 Å². The molecule has 1 aliphatic heterocycles. The standard InChI is InChI=1S/C23H26N4O4/c1-3-27-22(29)17-11-10-15(13-18(17)25-23(27)30)21(28)24-16-7-6-12-26(14-16)19-8-4-5-9-20(19)31-2/h4-5,8-11,13,16H,3,6-7,12,14H2,1-2H3,(H,24,28)(H,25,30). The number of para-hydroxylation sites is 2. The third-order valence-electron chi connectivity index (χ3n) is 5.74. The summed E-state index contributed by atoms with van der Waals surface area (Å²) in [6.45, 7) is 3.60. The third kappa shape index (κ3) is 4.05. The maximum Gasteiger partial charge on any atom is 0.328 e. The lowest BCUT2D eigenvalue weighted by molar-refractivity contribution is 0.0933. The number of aromatic amines is 1. The highest BCUT2D eigenvalue weighted by Gasteiger charge is 2.24. The molecule has 1 atom stereocenters. The van der Waals surface area contributed by atoms with Crippen LogP contribution in [-0.4, -0.2) is 41.7 Å². The van der Waals surface area contributed by atoms with Crippen LogP contribution in [0.3, 0.4) is 0 Å². The molecule has 3 aromatic rings. The Labute approximate surface area is 179 Å². The van der Waals surface area contributed by atoms with Crippen LogP contribution >= 0.6 is 0 Å². The lowest BCUT2D eigenvalue weighted by Crippen LogP contribution is -2.48. The molecule has 0 bridgehead atoms. The molecule has 1 fully saturated rings. The Morgan fingerprint density at radius 1 is 1.23 bits per heavy atom. The number of H-pyrrole nitrogens is 1. The summed E-state index contributed by atoms with van der Waals surface area (Å²) in [5, 5.41) is 3.48. The minimum Gasteiger partial charge on any atom is -0.495 e. The molecule has 8 nitrogen and oxygen atoms in total. The number of hydrogen-bond donors (Lipinski definition) is 2. The molecule has 2 aromatic carbocycles. The molecule has 2 heterocycles. The number of anilines is 1. The average Bonchev–Trinajstić information content (AvgIpc) is 2.79. The van der Waals surface area contributed by atoms with Crippen molar-refractivity contribution in [3.8, 4) is 5.75 Å². The Kier molecular flexibility index (Phi) is 5.79. The fourth-order valence-electron chi connectivity index (χ4n) is 4.16. The second kappa shape index (κ2) is 8.67. The van der Waals surface area contributed by atoms with Crippen LogP contribution in [0.1, 0.15) is 30.1 Å². The van der Waals surface area contributed by atoms with E-state index >= 15 is 0 Å². The topological polar surface area (TPSA) is 96.4 Å². The first kappa shape index (κ1) is 20.7. The van der Waals surface area contributed by atoms with Gasteiger partial charge < -0.3 is 19.9 Å². The molecule has 0 radical (unpaired) electrons. The first-order chi connectivity index (χ1) is 15.0. The van der Waals surface area contributed by atoms with Crippen LogP contribution in [0.15, 0.2) is 52.1 Å². The lowest BCUT2D eigenvalue weighted by atomic mass is 10.0. The Hall–Kier alpha value is -3.55. The maximum absolute atomic E-state index is 12.9. The van der Waals surface area contributed by atoms with E-state index in [4.69, 9.17) is 4.74 Å². The minimum absolute atomic E-state index is 0.0194. The smallest absolute Gasteiger partial charge is 0.328 e. The van der Waals surface area contributed by atoms with Crippen molar-refractivity contribution in [2.45, 2.75) is 32.4 Å². The molecule has 0 aliphatic carbocycles. The molecule has 2 N–H and O–H groups in total. The maximum atomic E-state index is 12.9. The van der Waals surface area contributed by atoms with Gasteiger partial charge in [0.25, 0.3) is 11.5 Å². The lowest BCUT2D eigenvalue weighted by Gasteiger charge is -2.35. The Morgan fingerprint density at radius 2 is 2.03 bits per heavy atom. The molecular formula is C23H26N4O4. The van der Waals surface area contributed by atoms with E-state index in [1.807, 2.05) is 24.3 Å². The summed E-state index contributed by atoms with van der Waals surface area (Å²) >= 11 is 0. The Morgan fingerprint density at radius 3 is 2.81 bits per heavy atom. The number of nitrogens with one attached hydrogen (secondary N) is 2. The van der Waals surface area contributed by atoms with Gasteiger partial charge in [-0.3, -0.25) is 14.2 Å². The van der Waals surface area contributed by atoms with Gasteiger partial charge in [-0.25, -0.2) is 4.79 Å². The quantitative estimate of drug-likeness (QED) is 0.657. The second-order valence-electron chi connectivity index (χ2n) is 7.67. The number of aromatic nitrogens is 2. The molecule has 1 aliphatic rings. The first-order valence-corrected chi connectivity index (χ1v) is 10.5. The van der Waals surface area contributed by atoms with Crippen LogP contribution in [0, 0.1) is 0 Å². The van der Waals surface area contributed by atoms with Gasteiger partial charge in [0.05, 0.1) is 23.7 Å². The van der Waals surface area contributed by atoms with Crippen LogP contribution < -0.4 is 26.2 Å². The number of carbonyl (C=O) groups is 1.